The molecule has 0 aliphatic heterocycles. The summed E-state index contributed by atoms with van der Waals surface area (Å²) in [4.78, 5) is 1.02. The summed E-state index contributed by atoms with van der Waals surface area (Å²) in [7, 11) is 0.157. The Bertz CT molecular complexity index is 924. The molecule has 0 amide bonds. The number of hydrogen-bond donors (Lipinski definition) is 0. The maximum Gasteiger partial charge on any atom is 0.158 e. The Balaban J connectivity index is 1.65. The third-order valence-electron chi connectivity index (χ3n) is 3.79. The Morgan fingerprint density at radius 1 is 0.654 bits per heavy atom. The Labute approximate surface area is 163 Å². The van der Waals surface area contributed by atoms with Crippen molar-refractivity contribution in [2.24, 2.45) is 0 Å². The van der Waals surface area contributed by atoms with Gasteiger partial charge in [-0.2, -0.15) is 0 Å². The van der Waals surface area contributed by atoms with Crippen LogP contribution in [0.1, 0.15) is 16.7 Å². The van der Waals surface area contributed by atoms with Crippen molar-refractivity contribution < 1.29 is 8.42 Å². The molecule has 0 aromatic heterocycles. The lowest BCUT2D eigenvalue weighted by atomic mass is 10.2. The molecule has 3 rings (SSSR count). The molecule has 5 heteroatoms. The van der Waals surface area contributed by atoms with Gasteiger partial charge in [-0.15, -0.1) is 0 Å². The van der Waals surface area contributed by atoms with Crippen LogP contribution in [0, 0.1) is 0 Å². The third kappa shape index (κ3) is 5.94. The monoisotopic (exact) mass is 400 g/mol. The first kappa shape index (κ1) is 19.1. The van der Waals surface area contributed by atoms with Gasteiger partial charge in [-0.1, -0.05) is 100 Å². The van der Waals surface area contributed by atoms with E-state index in [0.29, 0.717) is 0 Å². The number of hydrogen-bond acceptors (Lipinski definition) is 4. The predicted molar refractivity (Wildman–Crippen MR) is 113 cm³/mol. The fourth-order valence-corrected chi connectivity index (χ4v) is 6.52. The summed E-state index contributed by atoms with van der Waals surface area (Å²) >= 11 is 0. The Hall–Kier alpha value is -1.69. The fourth-order valence-electron chi connectivity index (χ4n) is 2.56. The molecule has 0 spiro atoms. The van der Waals surface area contributed by atoms with Crippen LogP contribution in [0.25, 0.3) is 0 Å². The van der Waals surface area contributed by atoms with Gasteiger partial charge in [0.15, 0.2) is 9.84 Å². The highest BCUT2D eigenvalue weighted by Gasteiger charge is 2.15. The van der Waals surface area contributed by atoms with Crippen molar-refractivity contribution in [3.05, 3.63) is 102 Å². The van der Waals surface area contributed by atoms with Crippen molar-refractivity contribution >= 4 is 31.4 Å². The van der Waals surface area contributed by atoms with E-state index in [1.54, 1.807) is 21.6 Å². The maximum atomic E-state index is 12.6. The summed E-state index contributed by atoms with van der Waals surface area (Å²) in [5.41, 5.74) is 2.96. The molecule has 134 valence electrons. The van der Waals surface area contributed by atoms with Gasteiger partial charge in [-0.05, 0) is 22.8 Å². The molecule has 0 bridgehead atoms. The second-order valence-electron chi connectivity index (χ2n) is 5.96. The SMILES string of the molecule is O=S(=O)(Cc1ccccc1)Cc1ccccc1SSCc1ccccc1. The molecule has 0 radical (unpaired) electrons. The number of rotatable bonds is 8. The van der Waals surface area contributed by atoms with Gasteiger partial charge >= 0.3 is 0 Å². The highest BCUT2D eigenvalue weighted by Crippen LogP contribution is 2.36. The summed E-state index contributed by atoms with van der Waals surface area (Å²) in [5.74, 6) is 1.03. The number of benzene rings is 3. The Morgan fingerprint density at radius 3 is 1.92 bits per heavy atom. The van der Waals surface area contributed by atoms with E-state index < -0.39 is 9.84 Å². The van der Waals surface area contributed by atoms with Crippen molar-refractivity contribution in [3.8, 4) is 0 Å². The molecule has 0 fully saturated rings. The van der Waals surface area contributed by atoms with Crippen LogP contribution < -0.4 is 0 Å². The van der Waals surface area contributed by atoms with Gasteiger partial charge in [0.05, 0.1) is 11.5 Å². The first-order valence-corrected chi connectivity index (χ1v) is 12.4. The average molecular weight is 401 g/mol. The second kappa shape index (κ2) is 9.31. The minimum absolute atomic E-state index is 0.0664. The van der Waals surface area contributed by atoms with E-state index in [4.69, 9.17) is 0 Å². The zero-order chi connectivity index (χ0) is 18.2. The first-order valence-electron chi connectivity index (χ1n) is 8.28. The molecule has 2 nitrogen and oxygen atoms in total. The normalized spacial score (nSPS) is 11.4. The predicted octanol–water partition coefficient (Wildman–Crippen LogP) is 5.74. The van der Waals surface area contributed by atoms with E-state index >= 15 is 0 Å². The van der Waals surface area contributed by atoms with Gasteiger partial charge in [0.2, 0.25) is 0 Å². The van der Waals surface area contributed by atoms with Crippen LogP contribution in [0.15, 0.2) is 89.8 Å². The van der Waals surface area contributed by atoms with E-state index in [-0.39, 0.29) is 11.5 Å². The summed E-state index contributed by atoms with van der Waals surface area (Å²) in [6.45, 7) is 0. The molecule has 0 saturated heterocycles. The molecule has 3 aromatic carbocycles. The molecule has 26 heavy (non-hydrogen) atoms. The molecule has 0 unspecified atom stereocenters. The van der Waals surface area contributed by atoms with Crippen molar-refractivity contribution in [2.45, 2.75) is 22.2 Å². The van der Waals surface area contributed by atoms with Crippen molar-refractivity contribution in [2.75, 3.05) is 0 Å². The molecule has 0 heterocycles. The summed E-state index contributed by atoms with van der Waals surface area (Å²) < 4.78 is 25.2. The first-order chi connectivity index (χ1) is 12.6. The summed E-state index contributed by atoms with van der Waals surface area (Å²) in [6.07, 6.45) is 0. The highest BCUT2D eigenvalue weighted by molar-refractivity contribution is 8.76. The van der Waals surface area contributed by atoms with Crippen LogP contribution >= 0.6 is 21.6 Å². The molecule has 0 atom stereocenters. The largest absolute Gasteiger partial charge is 0.228 e. The zero-order valence-corrected chi connectivity index (χ0v) is 16.7. The number of sulfone groups is 1. The second-order valence-corrected chi connectivity index (χ2v) is 10.4. The lowest BCUT2D eigenvalue weighted by Gasteiger charge is -2.10. The highest BCUT2D eigenvalue weighted by atomic mass is 33.1. The van der Waals surface area contributed by atoms with Crippen LogP contribution in [-0.2, 0) is 27.1 Å². The van der Waals surface area contributed by atoms with Crippen molar-refractivity contribution in [1.29, 1.82) is 0 Å². The van der Waals surface area contributed by atoms with Gasteiger partial charge in [-0.25, -0.2) is 8.42 Å². The standard InChI is InChI=1S/C21H20O2S3/c22-26(23,16-19-11-5-2-6-12-19)17-20-13-7-8-14-21(20)25-24-15-18-9-3-1-4-10-18/h1-14H,15-17H2. The summed E-state index contributed by atoms with van der Waals surface area (Å²) in [6, 6.07) is 27.4. The van der Waals surface area contributed by atoms with Crippen LogP contribution in [0.2, 0.25) is 0 Å². The van der Waals surface area contributed by atoms with Crippen molar-refractivity contribution in [1.82, 2.24) is 0 Å². The van der Waals surface area contributed by atoms with Gasteiger partial charge in [-0.3, -0.25) is 0 Å². The van der Waals surface area contributed by atoms with Crippen LogP contribution in [0.5, 0.6) is 0 Å². The Kier molecular flexibility index (Phi) is 6.83. The lowest BCUT2D eigenvalue weighted by molar-refractivity contribution is 0.594. The van der Waals surface area contributed by atoms with Crippen LogP contribution in [0.4, 0.5) is 0 Å². The smallest absolute Gasteiger partial charge is 0.158 e. The molecule has 0 saturated carbocycles. The quantitative estimate of drug-likeness (QED) is 0.451. The molecule has 0 N–H and O–H groups in total. The van der Waals surface area contributed by atoms with E-state index in [9.17, 15) is 8.42 Å². The van der Waals surface area contributed by atoms with Crippen molar-refractivity contribution in [3.63, 3.8) is 0 Å². The molecule has 0 aliphatic rings. The van der Waals surface area contributed by atoms with Gasteiger partial charge in [0.25, 0.3) is 0 Å². The van der Waals surface area contributed by atoms with E-state index in [1.165, 1.54) is 5.56 Å². The summed E-state index contributed by atoms with van der Waals surface area (Å²) in [5, 5.41) is 0. The van der Waals surface area contributed by atoms with E-state index in [0.717, 1.165) is 21.8 Å². The molecular weight excluding hydrogens is 380 g/mol. The lowest BCUT2D eigenvalue weighted by Crippen LogP contribution is -2.08. The van der Waals surface area contributed by atoms with E-state index in [1.807, 2.05) is 72.8 Å². The Morgan fingerprint density at radius 2 is 1.23 bits per heavy atom. The topological polar surface area (TPSA) is 34.1 Å². The van der Waals surface area contributed by atoms with E-state index in [2.05, 4.69) is 12.1 Å². The van der Waals surface area contributed by atoms with Gasteiger partial charge in [0, 0.05) is 10.6 Å². The molecule has 0 aliphatic carbocycles. The molecule has 3 aromatic rings. The fraction of sp³-hybridized carbons (Fsp3) is 0.143. The molecular formula is C21H20O2S3. The van der Waals surface area contributed by atoms with Crippen LogP contribution in [0.3, 0.4) is 0 Å². The van der Waals surface area contributed by atoms with Crippen LogP contribution in [-0.4, -0.2) is 8.42 Å². The zero-order valence-electron chi connectivity index (χ0n) is 14.2. The minimum atomic E-state index is -3.21. The third-order valence-corrected chi connectivity index (χ3v) is 7.71. The van der Waals surface area contributed by atoms with Gasteiger partial charge in [0.1, 0.15) is 0 Å². The minimum Gasteiger partial charge on any atom is -0.228 e. The average Bonchev–Trinajstić information content (AvgIpc) is 2.64. The van der Waals surface area contributed by atoms with Gasteiger partial charge < -0.3 is 0 Å². The maximum absolute atomic E-state index is 12.6.